The predicted octanol–water partition coefficient (Wildman–Crippen LogP) is 1.45. The standard InChI is InChI=1S/C9H8F2O4S/c1-6-3-2-4-7(5-6)16(14,15)9(10,11)8(12)13/h2-5H,1H3,(H,12,13). The molecule has 0 heterocycles. The number of aryl methyl sites for hydroxylation is 1. The molecule has 0 amide bonds. The van der Waals surface area contributed by atoms with Gasteiger partial charge < -0.3 is 5.11 Å². The quantitative estimate of drug-likeness (QED) is 0.881. The van der Waals surface area contributed by atoms with E-state index in [4.69, 9.17) is 5.11 Å². The zero-order valence-corrected chi connectivity index (χ0v) is 8.96. The zero-order chi connectivity index (χ0) is 12.6. The van der Waals surface area contributed by atoms with Gasteiger partial charge in [0.05, 0.1) is 4.90 Å². The van der Waals surface area contributed by atoms with Crippen LogP contribution in [0.5, 0.6) is 0 Å². The van der Waals surface area contributed by atoms with Crippen molar-refractivity contribution in [2.75, 3.05) is 0 Å². The summed E-state index contributed by atoms with van der Waals surface area (Å²) in [4.78, 5) is 9.49. The van der Waals surface area contributed by atoms with Crippen molar-refractivity contribution in [2.24, 2.45) is 0 Å². The van der Waals surface area contributed by atoms with Gasteiger partial charge in [-0.3, -0.25) is 0 Å². The third-order valence-corrected chi connectivity index (χ3v) is 3.61. The SMILES string of the molecule is Cc1cccc(S(=O)(=O)C(F)(F)C(=O)O)c1. The van der Waals surface area contributed by atoms with E-state index in [-0.39, 0.29) is 0 Å². The first kappa shape index (κ1) is 12.6. The van der Waals surface area contributed by atoms with E-state index < -0.39 is 26.0 Å². The Morgan fingerprint density at radius 3 is 2.38 bits per heavy atom. The third kappa shape index (κ3) is 1.90. The Kier molecular flexibility index (Phi) is 3.00. The molecular formula is C9H8F2O4S. The van der Waals surface area contributed by atoms with Crippen molar-refractivity contribution in [1.29, 1.82) is 0 Å². The molecule has 16 heavy (non-hydrogen) atoms. The highest BCUT2D eigenvalue weighted by molar-refractivity contribution is 7.93. The smallest absolute Gasteiger partial charge is 0.444 e. The number of halogens is 2. The lowest BCUT2D eigenvalue weighted by Gasteiger charge is -2.12. The van der Waals surface area contributed by atoms with Gasteiger partial charge >= 0.3 is 11.2 Å². The molecule has 1 rings (SSSR count). The molecule has 7 heteroatoms. The van der Waals surface area contributed by atoms with E-state index in [2.05, 4.69) is 0 Å². The van der Waals surface area contributed by atoms with Gasteiger partial charge in [0.15, 0.2) is 0 Å². The van der Waals surface area contributed by atoms with E-state index in [1.807, 2.05) is 0 Å². The van der Waals surface area contributed by atoms with Crippen LogP contribution in [0.15, 0.2) is 29.2 Å². The second-order valence-corrected chi connectivity index (χ2v) is 5.13. The zero-order valence-electron chi connectivity index (χ0n) is 8.15. The van der Waals surface area contributed by atoms with E-state index in [0.717, 1.165) is 12.1 Å². The number of hydrogen-bond acceptors (Lipinski definition) is 3. The molecule has 0 spiro atoms. The molecule has 1 N–H and O–H groups in total. The Morgan fingerprint density at radius 2 is 1.94 bits per heavy atom. The average molecular weight is 250 g/mol. The van der Waals surface area contributed by atoms with Gasteiger partial charge in [0.25, 0.3) is 9.84 Å². The summed E-state index contributed by atoms with van der Waals surface area (Å²) in [6, 6.07) is 4.70. The van der Waals surface area contributed by atoms with E-state index in [0.29, 0.717) is 5.56 Å². The number of sulfone groups is 1. The van der Waals surface area contributed by atoms with Crippen molar-refractivity contribution in [3.8, 4) is 0 Å². The van der Waals surface area contributed by atoms with Crippen molar-refractivity contribution in [2.45, 2.75) is 17.1 Å². The third-order valence-electron chi connectivity index (χ3n) is 1.89. The van der Waals surface area contributed by atoms with Gasteiger partial charge in [-0.15, -0.1) is 0 Å². The largest absolute Gasteiger partial charge is 0.476 e. The first-order valence-corrected chi connectivity index (χ1v) is 5.60. The van der Waals surface area contributed by atoms with Gasteiger partial charge in [-0.2, -0.15) is 8.78 Å². The number of carboxylic acid groups (broad SMARTS) is 1. The second-order valence-electron chi connectivity index (χ2n) is 3.14. The van der Waals surface area contributed by atoms with Crippen LogP contribution in [0.1, 0.15) is 5.56 Å². The Bertz CT molecular complexity index is 522. The number of rotatable bonds is 3. The van der Waals surface area contributed by atoms with Crippen LogP contribution in [-0.4, -0.2) is 24.7 Å². The van der Waals surface area contributed by atoms with E-state index in [1.54, 1.807) is 0 Å². The van der Waals surface area contributed by atoms with Crippen LogP contribution >= 0.6 is 0 Å². The van der Waals surface area contributed by atoms with Gasteiger partial charge in [0, 0.05) is 0 Å². The van der Waals surface area contributed by atoms with Crippen LogP contribution in [0.25, 0.3) is 0 Å². The summed E-state index contributed by atoms with van der Waals surface area (Å²) in [6.45, 7) is 1.51. The molecule has 0 aromatic heterocycles. The minimum atomic E-state index is -5.19. The van der Waals surface area contributed by atoms with Crippen molar-refractivity contribution in [3.05, 3.63) is 29.8 Å². The molecule has 0 aliphatic carbocycles. The van der Waals surface area contributed by atoms with Crippen molar-refractivity contribution >= 4 is 15.8 Å². The molecule has 0 aliphatic heterocycles. The van der Waals surface area contributed by atoms with Crippen LogP contribution in [-0.2, 0) is 14.6 Å². The van der Waals surface area contributed by atoms with Crippen LogP contribution in [0, 0.1) is 6.92 Å². The summed E-state index contributed by atoms with van der Waals surface area (Å²) in [5.74, 6) is -2.69. The monoisotopic (exact) mass is 250 g/mol. The molecule has 4 nitrogen and oxygen atoms in total. The number of hydrogen-bond donors (Lipinski definition) is 1. The van der Waals surface area contributed by atoms with Crippen molar-refractivity contribution in [3.63, 3.8) is 0 Å². The minimum Gasteiger partial charge on any atom is -0.476 e. The summed E-state index contributed by atoms with van der Waals surface area (Å²) < 4.78 is 48.5. The second kappa shape index (κ2) is 3.82. The molecule has 0 bridgehead atoms. The van der Waals surface area contributed by atoms with Crippen LogP contribution < -0.4 is 0 Å². The normalized spacial score (nSPS) is 12.4. The average Bonchev–Trinajstić information content (AvgIpc) is 2.17. The summed E-state index contributed by atoms with van der Waals surface area (Å²) in [6.07, 6.45) is 0. The maximum Gasteiger partial charge on any atom is 0.444 e. The van der Waals surface area contributed by atoms with Gasteiger partial charge in [-0.1, -0.05) is 12.1 Å². The van der Waals surface area contributed by atoms with Gasteiger partial charge in [0.2, 0.25) is 0 Å². The molecule has 1 aromatic carbocycles. The summed E-state index contributed by atoms with van der Waals surface area (Å²) >= 11 is 0. The lowest BCUT2D eigenvalue weighted by Crippen LogP contribution is -2.37. The van der Waals surface area contributed by atoms with Crippen molar-refractivity contribution in [1.82, 2.24) is 0 Å². The molecule has 0 saturated carbocycles. The molecule has 0 unspecified atom stereocenters. The summed E-state index contributed by atoms with van der Waals surface area (Å²) in [5.41, 5.74) is 0.447. The molecule has 0 saturated heterocycles. The molecule has 0 radical (unpaired) electrons. The number of carbonyl (C=O) groups is 1. The fraction of sp³-hybridized carbons (Fsp3) is 0.222. The fourth-order valence-corrected chi connectivity index (χ4v) is 2.17. The minimum absolute atomic E-state index is 0.447. The van der Waals surface area contributed by atoms with Gasteiger partial charge in [-0.05, 0) is 24.6 Å². The summed E-state index contributed by atoms with van der Waals surface area (Å²) in [5, 5.41) is 3.36. The van der Waals surface area contributed by atoms with Crippen LogP contribution in [0.3, 0.4) is 0 Å². The molecular weight excluding hydrogens is 242 g/mol. The van der Waals surface area contributed by atoms with E-state index >= 15 is 0 Å². The number of aliphatic carboxylic acids is 1. The molecule has 0 aliphatic rings. The maximum atomic E-state index is 13.0. The molecule has 88 valence electrons. The highest BCUT2D eigenvalue weighted by Crippen LogP contribution is 2.29. The van der Waals surface area contributed by atoms with Gasteiger partial charge in [0.1, 0.15) is 0 Å². The van der Waals surface area contributed by atoms with Crippen LogP contribution in [0.2, 0.25) is 0 Å². The summed E-state index contributed by atoms with van der Waals surface area (Å²) in [7, 11) is -5.19. The Labute approximate surface area is 90.4 Å². The van der Waals surface area contributed by atoms with E-state index in [1.165, 1.54) is 19.1 Å². The topological polar surface area (TPSA) is 71.4 Å². The Balaban J connectivity index is 3.39. The van der Waals surface area contributed by atoms with Crippen LogP contribution in [0.4, 0.5) is 8.78 Å². The first-order chi connectivity index (χ1) is 7.19. The first-order valence-electron chi connectivity index (χ1n) is 4.12. The maximum absolute atomic E-state index is 13.0. The lowest BCUT2D eigenvalue weighted by molar-refractivity contribution is -0.153. The number of alkyl halides is 2. The predicted molar refractivity (Wildman–Crippen MR) is 50.9 cm³/mol. The fourth-order valence-electron chi connectivity index (χ4n) is 1.05. The molecule has 0 atom stereocenters. The van der Waals surface area contributed by atoms with Gasteiger partial charge in [-0.25, -0.2) is 13.2 Å². The Hall–Kier alpha value is -1.50. The highest BCUT2D eigenvalue weighted by Gasteiger charge is 2.53. The molecule has 1 aromatic rings. The number of carboxylic acids is 1. The Morgan fingerprint density at radius 1 is 1.38 bits per heavy atom. The molecule has 0 fully saturated rings. The van der Waals surface area contributed by atoms with Crippen molar-refractivity contribution < 1.29 is 27.1 Å². The highest BCUT2D eigenvalue weighted by atomic mass is 32.2. The van der Waals surface area contributed by atoms with E-state index in [9.17, 15) is 22.0 Å². The lowest BCUT2D eigenvalue weighted by atomic mass is 10.2. The number of benzene rings is 1.